The average molecular weight is 296 g/mol. The lowest BCUT2D eigenvalue weighted by Gasteiger charge is -2.12. The van der Waals surface area contributed by atoms with Gasteiger partial charge in [-0.15, -0.1) is 11.3 Å². The molecular formula is C13H16N2O2S2. The maximum absolute atomic E-state index is 12.0. The van der Waals surface area contributed by atoms with Crippen LogP contribution in [0.2, 0.25) is 0 Å². The van der Waals surface area contributed by atoms with Crippen LogP contribution in [0.4, 0.5) is 5.69 Å². The van der Waals surface area contributed by atoms with Crippen LogP contribution in [-0.2, 0) is 10.0 Å². The van der Waals surface area contributed by atoms with Gasteiger partial charge in [0.15, 0.2) is 0 Å². The summed E-state index contributed by atoms with van der Waals surface area (Å²) >= 11 is 1.20. The summed E-state index contributed by atoms with van der Waals surface area (Å²) in [6.45, 7) is 2.05. The van der Waals surface area contributed by atoms with Gasteiger partial charge in [0.05, 0.1) is 0 Å². The highest BCUT2D eigenvalue weighted by Crippen LogP contribution is 2.21. The van der Waals surface area contributed by atoms with Gasteiger partial charge in [0.2, 0.25) is 0 Å². The second-order valence-corrected chi connectivity index (χ2v) is 7.03. The van der Waals surface area contributed by atoms with Gasteiger partial charge in [0.25, 0.3) is 10.0 Å². The van der Waals surface area contributed by atoms with Crippen LogP contribution < -0.4 is 10.0 Å². The van der Waals surface area contributed by atoms with Crippen LogP contribution >= 0.6 is 11.3 Å². The molecule has 1 unspecified atom stereocenters. The third-order valence-corrected chi connectivity index (χ3v) is 5.63. The molecule has 1 heterocycles. The van der Waals surface area contributed by atoms with Crippen LogP contribution in [-0.4, -0.2) is 15.5 Å². The molecule has 0 saturated heterocycles. The highest BCUT2D eigenvalue weighted by Gasteiger charge is 2.15. The van der Waals surface area contributed by atoms with E-state index in [9.17, 15) is 8.42 Å². The van der Waals surface area contributed by atoms with E-state index >= 15 is 0 Å². The fourth-order valence-electron chi connectivity index (χ4n) is 1.63. The highest BCUT2D eigenvalue weighted by atomic mass is 32.2. The number of nitrogens with one attached hydrogen (secondary N) is 2. The molecule has 102 valence electrons. The van der Waals surface area contributed by atoms with E-state index in [-0.39, 0.29) is 6.04 Å². The van der Waals surface area contributed by atoms with Crippen molar-refractivity contribution in [2.75, 3.05) is 11.8 Å². The summed E-state index contributed by atoms with van der Waals surface area (Å²) in [5.41, 5.74) is 1.68. The monoisotopic (exact) mass is 296 g/mol. The zero-order valence-electron chi connectivity index (χ0n) is 10.8. The van der Waals surface area contributed by atoms with E-state index in [0.29, 0.717) is 9.90 Å². The molecule has 0 radical (unpaired) electrons. The normalized spacial score (nSPS) is 13.2. The van der Waals surface area contributed by atoms with E-state index in [1.165, 1.54) is 11.3 Å². The van der Waals surface area contributed by atoms with Crippen LogP contribution in [0.3, 0.4) is 0 Å². The molecule has 0 aliphatic carbocycles. The van der Waals surface area contributed by atoms with Gasteiger partial charge in [-0.3, -0.25) is 4.72 Å². The van der Waals surface area contributed by atoms with Crippen molar-refractivity contribution in [1.82, 2.24) is 5.32 Å². The van der Waals surface area contributed by atoms with E-state index in [4.69, 9.17) is 0 Å². The maximum atomic E-state index is 12.0. The summed E-state index contributed by atoms with van der Waals surface area (Å²) in [7, 11) is -1.57. The van der Waals surface area contributed by atoms with Crippen molar-refractivity contribution in [1.29, 1.82) is 0 Å². The van der Waals surface area contributed by atoms with E-state index in [1.807, 2.05) is 26.1 Å². The first kappa shape index (κ1) is 14.0. The minimum absolute atomic E-state index is 0.239. The summed E-state index contributed by atoms with van der Waals surface area (Å²) in [5, 5.41) is 4.88. The maximum Gasteiger partial charge on any atom is 0.271 e. The summed E-state index contributed by atoms with van der Waals surface area (Å²) < 4.78 is 26.9. The Balaban J connectivity index is 2.16. The molecule has 0 aliphatic rings. The first-order chi connectivity index (χ1) is 9.03. The Bertz CT molecular complexity index is 619. The van der Waals surface area contributed by atoms with E-state index in [0.717, 1.165) is 5.56 Å². The number of anilines is 1. The molecule has 19 heavy (non-hydrogen) atoms. The smallest absolute Gasteiger partial charge is 0.271 e. The van der Waals surface area contributed by atoms with Crippen LogP contribution in [0.15, 0.2) is 46.0 Å². The van der Waals surface area contributed by atoms with Gasteiger partial charge in [-0.25, -0.2) is 8.42 Å². The Morgan fingerprint density at radius 1 is 1.16 bits per heavy atom. The molecule has 2 N–H and O–H groups in total. The zero-order valence-corrected chi connectivity index (χ0v) is 12.4. The molecule has 0 bridgehead atoms. The molecular weight excluding hydrogens is 280 g/mol. The fraction of sp³-hybridized carbons (Fsp3) is 0.231. The third kappa shape index (κ3) is 3.34. The molecule has 1 aromatic carbocycles. The number of rotatable bonds is 5. The molecule has 0 amide bonds. The summed E-state index contributed by atoms with van der Waals surface area (Å²) in [5.74, 6) is 0. The van der Waals surface area contributed by atoms with Gasteiger partial charge in [-0.2, -0.15) is 0 Å². The molecule has 0 aliphatic heterocycles. The Morgan fingerprint density at radius 2 is 1.84 bits per heavy atom. The predicted molar refractivity (Wildman–Crippen MR) is 79.0 cm³/mol. The van der Waals surface area contributed by atoms with Crippen molar-refractivity contribution >= 4 is 27.0 Å². The number of thiophene rings is 1. The van der Waals surface area contributed by atoms with E-state index < -0.39 is 10.0 Å². The summed E-state index contributed by atoms with van der Waals surface area (Å²) in [6.07, 6.45) is 0. The topological polar surface area (TPSA) is 58.2 Å². The molecule has 0 saturated carbocycles. The Morgan fingerprint density at radius 3 is 2.37 bits per heavy atom. The molecule has 0 fully saturated rings. The lowest BCUT2D eigenvalue weighted by molar-refractivity contribution is 0.603. The molecule has 2 aromatic rings. The minimum atomic E-state index is -3.46. The van der Waals surface area contributed by atoms with E-state index in [1.54, 1.807) is 29.6 Å². The lowest BCUT2D eigenvalue weighted by Crippen LogP contribution is -2.13. The number of hydrogen-bond acceptors (Lipinski definition) is 4. The fourth-order valence-corrected chi connectivity index (χ4v) is 3.68. The Labute approximate surface area is 117 Å². The van der Waals surface area contributed by atoms with Crippen molar-refractivity contribution in [2.24, 2.45) is 0 Å². The summed E-state index contributed by atoms with van der Waals surface area (Å²) in [6, 6.07) is 10.9. The minimum Gasteiger partial charge on any atom is -0.313 e. The van der Waals surface area contributed by atoms with Crippen LogP contribution in [0.1, 0.15) is 18.5 Å². The summed E-state index contributed by atoms with van der Waals surface area (Å²) in [4.78, 5) is 0. The second kappa shape index (κ2) is 5.73. The molecule has 4 nitrogen and oxygen atoms in total. The van der Waals surface area contributed by atoms with Gasteiger partial charge < -0.3 is 5.32 Å². The lowest BCUT2D eigenvalue weighted by atomic mass is 10.1. The van der Waals surface area contributed by atoms with Crippen molar-refractivity contribution in [3.63, 3.8) is 0 Å². The Hall–Kier alpha value is -1.37. The van der Waals surface area contributed by atoms with Crippen LogP contribution in [0.5, 0.6) is 0 Å². The first-order valence-corrected chi connectivity index (χ1v) is 8.23. The van der Waals surface area contributed by atoms with Gasteiger partial charge in [0.1, 0.15) is 4.21 Å². The molecule has 2 rings (SSSR count). The van der Waals surface area contributed by atoms with Crippen molar-refractivity contribution in [3.8, 4) is 0 Å². The molecule has 6 heteroatoms. The highest BCUT2D eigenvalue weighted by molar-refractivity contribution is 7.94. The van der Waals surface area contributed by atoms with Crippen LogP contribution in [0, 0.1) is 0 Å². The average Bonchev–Trinajstić information content (AvgIpc) is 2.93. The van der Waals surface area contributed by atoms with Crippen molar-refractivity contribution in [3.05, 3.63) is 47.3 Å². The van der Waals surface area contributed by atoms with Gasteiger partial charge >= 0.3 is 0 Å². The van der Waals surface area contributed by atoms with Crippen molar-refractivity contribution in [2.45, 2.75) is 17.2 Å². The predicted octanol–water partition coefficient (Wildman–Crippen LogP) is 2.83. The quantitative estimate of drug-likeness (QED) is 0.892. The van der Waals surface area contributed by atoms with Gasteiger partial charge in [-0.1, -0.05) is 18.2 Å². The molecule has 1 aromatic heterocycles. The van der Waals surface area contributed by atoms with E-state index in [2.05, 4.69) is 10.0 Å². The number of benzene rings is 1. The standard InChI is InChI=1S/C13H16N2O2S2/c1-10(14-2)11-5-7-12(8-6-11)15-19(16,17)13-4-3-9-18-13/h3-10,14-15H,1-2H3. The Kier molecular flexibility index (Phi) is 4.24. The second-order valence-electron chi connectivity index (χ2n) is 4.17. The SMILES string of the molecule is CNC(C)c1ccc(NS(=O)(=O)c2cccs2)cc1. The largest absolute Gasteiger partial charge is 0.313 e. The third-order valence-electron chi connectivity index (χ3n) is 2.86. The first-order valence-electron chi connectivity index (χ1n) is 5.86. The van der Waals surface area contributed by atoms with Gasteiger partial charge in [-0.05, 0) is 43.1 Å². The molecule has 0 spiro atoms. The number of sulfonamides is 1. The van der Waals surface area contributed by atoms with Gasteiger partial charge in [0, 0.05) is 11.7 Å². The molecule has 1 atom stereocenters. The van der Waals surface area contributed by atoms with Crippen LogP contribution in [0.25, 0.3) is 0 Å². The van der Waals surface area contributed by atoms with Crippen molar-refractivity contribution < 1.29 is 8.42 Å². The number of hydrogen-bond donors (Lipinski definition) is 2. The zero-order chi connectivity index (χ0) is 13.9.